The summed E-state index contributed by atoms with van der Waals surface area (Å²) >= 11 is 8.49. The van der Waals surface area contributed by atoms with Gasteiger partial charge in [-0.3, -0.25) is 4.79 Å². The summed E-state index contributed by atoms with van der Waals surface area (Å²) in [5.74, 6) is 1.90. The molecule has 0 unspecified atom stereocenters. The SMILES string of the molecule is Cc1cc(Cl)ncc1NC(=O)C#CBr. The van der Waals surface area contributed by atoms with Crippen LogP contribution >= 0.6 is 27.5 Å². The molecule has 0 aliphatic carbocycles. The number of hydrogen-bond donors (Lipinski definition) is 1. The number of carbonyl (C=O) groups is 1. The van der Waals surface area contributed by atoms with Gasteiger partial charge in [0.05, 0.1) is 11.9 Å². The smallest absolute Gasteiger partial charge is 0.301 e. The van der Waals surface area contributed by atoms with Gasteiger partial charge in [0.25, 0.3) is 0 Å². The van der Waals surface area contributed by atoms with Crippen LogP contribution in [0.1, 0.15) is 5.56 Å². The summed E-state index contributed by atoms with van der Waals surface area (Å²) in [6.07, 6.45) is 1.49. The van der Waals surface area contributed by atoms with Gasteiger partial charge in [0.1, 0.15) is 5.15 Å². The van der Waals surface area contributed by atoms with Crippen LogP contribution in [-0.2, 0) is 4.79 Å². The molecule has 0 saturated heterocycles. The molecule has 1 amide bonds. The lowest BCUT2D eigenvalue weighted by atomic mass is 10.2. The first-order valence-electron chi connectivity index (χ1n) is 3.68. The van der Waals surface area contributed by atoms with Gasteiger partial charge in [-0.1, -0.05) is 11.6 Å². The number of aromatic nitrogens is 1. The molecule has 0 spiro atoms. The van der Waals surface area contributed by atoms with E-state index in [1.54, 1.807) is 6.07 Å². The Kier molecular flexibility index (Phi) is 3.93. The first-order valence-corrected chi connectivity index (χ1v) is 4.85. The van der Waals surface area contributed by atoms with Crippen molar-refractivity contribution in [3.63, 3.8) is 0 Å². The molecule has 0 aromatic carbocycles. The highest BCUT2D eigenvalue weighted by Gasteiger charge is 2.02. The molecule has 1 aromatic rings. The second kappa shape index (κ2) is 4.99. The second-order valence-corrected chi connectivity index (χ2v) is 3.28. The Balaban J connectivity index is 2.85. The summed E-state index contributed by atoms with van der Waals surface area (Å²) in [6, 6.07) is 1.67. The molecule has 0 bridgehead atoms. The van der Waals surface area contributed by atoms with Crippen molar-refractivity contribution in [1.29, 1.82) is 0 Å². The van der Waals surface area contributed by atoms with Crippen molar-refractivity contribution in [3.8, 4) is 10.8 Å². The van der Waals surface area contributed by atoms with E-state index in [1.807, 2.05) is 6.92 Å². The van der Waals surface area contributed by atoms with Crippen LogP contribution in [0, 0.1) is 17.7 Å². The summed E-state index contributed by atoms with van der Waals surface area (Å²) in [5, 5.41) is 2.97. The molecule has 0 aliphatic rings. The summed E-state index contributed by atoms with van der Waals surface area (Å²) < 4.78 is 0. The largest absolute Gasteiger partial charge is 0.313 e. The van der Waals surface area contributed by atoms with Crippen molar-refractivity contribution < 1.29 is 4.79 Å². The van der Waals surface area contributed by atoms with Crippen LogP contribution in [0.4, 0.5) is 5.69 Å². The molecule has 1 heterocycles. The number of aryl methyl sites for hydroxylation is 1. The number of anilines is 1. The van der Waals surface area contributed by atoms with Crippen LogP contribution in [0.5, 0.6) is 0 Å². The molecule has 72 valence electrons. The predicted octanol–water partition coefficient (Wildman–Crippen LogP) is 2.34. The molecule has 14 heavy (non-hydrogen) atoms. The third-order valence-electron chi connectivity index (χ3n) is 1.49. The number of nitrogens with zero attached hydrogens (tertiary/aromatic N) is 1. The molecule has 1 aromatic heterocycles. The molecule has 3 nitrogen and oxygen atoms in total. The third-order valence-corrected chi connectivity index (χ3v) is 1.89. The van der Waals surface area contributed by atoms with Crippen LogP contribution in [-0.4, -0.2) is 10.9 Å². The van der Waals surface area contributed by atoms with Gasteiger partial charge in [0.2, 0.25) is 0 Å². The van der Waals surface area contributed by atoms with Gasteiger partial charge >= 0.3 is 5.91 Å². The molecular formula is C9H6BrClN2O. The van der Waals surface area contributed by atoms with Crippen LogP contribution in [0.25, 0.3) is 0 Å². The lowest BCUT2D eigenvalue weighted by Crippen LogP contribution is -2.09. The van der Waals surface area contributed by atoms with Crippen LogP contribution in [0.3, 0.4) is 0 Å². The fraction of sp³-hybridized carbons (Fsp3) is 0.111. The van der Waals surface area contributed by atoms with Crippen molar-refractivity contribution in [2.45, 2.75) is 6.92 Å². The molecule has 1 N–H and O–H groups in total. The van der Waals surface area contributed by atoms with E-state index in [1.165, 1.54) is 6.20 Å². The topological polar surface area (TPSA) is 42.0 Å². The monoisotopic (exact) mass is 272 g/mol. The molecule has 1 rings (SSSR count). The molecule has 0 saturated carbocycles. The maximum absolute atomic E-state index is 11.1. The average Bonchev–Trinajstić information content (AvgIpc) is 2.10. The fourth-order valence-electron chi connectivity index (χ4n) is 0.849. The van der Waals surface area contributed by atoms with E-state index >= 15 is 0 Å². The highest BCUT2D eigenvalue weighted by molar-refractivity contribution is 9.12. The maximum Gasteiger partial charge on any atom is 0.301 e. The summed E-state index contributed by atoms with van der Waals surface area (Å²) in [5.41, 5.74) is 1.45. The number of carbonyl (C=O) groups excluding carboxylic acids is 1. The number of hydrogen-bond acceptors (Lipinski definition) is 2. The molecule has 0 fully saturated rings. The number of amides is 1. The first-order chi connectivity index (χ1) is 6.63. The van der Waals surface area contributed by atoms with Gasteiger partial charge in [-0.15, -0.1) is 0 Å². The maximum atomic E-state index is 11.1. The van der Waals surface area contributed by atoms with Crippen molar-refractivity contribution >= 4 is 39.1 Å². The minimum absolute atomic E-state index is 0.394. The lowest BCUT2D eigenvalue weighted by Gasteiger charge is -2.04. The quantitative estimate of drug-likeness (QED) is 0.630. The van der Waals surface area contributed by atoms with Gasteiger partial charge in [0.15, 0.2) is 0 Å². The Morgan fingerprint density at radius 3 is 3.00 bits per heavy atom. The molecule has 0 atom stereocenters. The number of pyridine rings is 1. The standard InChI is InChI=1S/C9H6BrClN2O/c1-6-4-8(11)12-5-7(6)13-9(14)2-3-10/h4-5H,1H3,(H,13,14). The van der Waals surface area contributed by atoms with E-state index in [2.05, 4.69) is 37.0 Å². The molecule has 0 aliphatic heterocycles. The number of halogens is 2. The van der Waals surface area contributed by atoms with Crippen LogP contribution in [0.15, 0.2) is 12.3 Å². The lowest BCUT2D eigenvalue weighted by molar-refractivity contribution is -0.111. The zero-order valence-electron chi connectivity index (χ0n) is 7.27. The van der Waals surface area contributed by atoms with E-state index in [4.69, 9.17) is 11.6 Å². The molecule has 5 heteroatoms. The zero-order valence-corrected chi connectivity index (χ0v) is 9.61. The first kappa shape index (κ1) is 11.0. The highest BCUT2D eigenvalue weighted by atomic mass is 79.9. The Morgan fingerprint density at radius 2 is 2.43 bits per heavy atom. The summed E-state index contributed by atoms with van der Waals surface area (Å²) in [7, 11) is 0. The second-order valence-electron chi connectivity index (χ2n) is 2.50. The van der Waals surface area contributed by atoms with Crippen molar-refractivity contribution in [1.82, 2.24) is 4.98 Å². The molecular weight excluding hydrogens is 267 g/mol. The van der Waals surface area contributed by atoms with Gasteiger partial charge in [-0.25, -0.2) is 4.98 Å². The highest BCUT2D eigenvalue weighted by Crippen LogP contribution is 2.16. The number of rotatable bonds is 1. The number of nitrogens with one attached hydrogen (secondary N) is 1. The van der Waals surface area contributed by atoms with E-state index in [0.717, 1.165) is 5.56 Å². The van der Waals surface area contributed by atoms with Gasteiger partial charge < -0.3 is 5.32 Å². The van der Waals surface area contributed by atoms with Crippen molar-refractivity contribution in [2.75, 3.05) is 5.32 Å². The van der Waals surface area contributed by atoms with Crippen LogP contribution in [0.2, 0.25) is 5.15 Å². The Hall–Kier alpha value is -1.05. The molecule has 0 radical (unpaired) electrons. The minimum Gasteiger partial charge on any atom is -0.313 e. The summed E-state index contributed by atoms with van der Waals surface area (Å²) in [6.45, 7) is 1.82. The Bertz CT molecular complexity index is 423. The third kappa shape index (κ3) is 3.02. The normalized spacial score (nSPS) is 8.79. The minimum atomic E-state index is -0.394. The van der Waals surface area contributed by atoms with E-state index in [-0.39, 0.29) is 0 Å². The van der Waals surface area contributed by atoms with E-state index < -0.39 is 5.91 Å². The van der Waals surface area contributed by atoms with Crippen molar-refractivity contribution in [2.24, 2.45) is 0 Å². The van der Waals surface area contributed by atoms with Gasteiger partial charge in [-0.05, 0) is 23.4 Å². The van der Waals surface area contributed by atoms with E-state index in [9.17, 15) is 4.79 Å². The van der Waals surface area contributed by atoms with Crippen LogP contribution < -0.4 is 5.32 Å². The van der Waals surface area contributed by atoms with Gasteiger partial charge in [0, 0.05) is 21.9 Å². The predicted molar refractivity (Wildman–Crippen MR) is 59.3 cm³/mol. The average molecular weight is 274 g/mol. The van der Waals surface area contributed by atoms with E-state index in [0.29, 0.717) is 10.8 Å². The Morgan fingerprint density at radius 1 is 1.71 bits per heavy atom. The van der Waals surface area contributed by atoms with Crippen molar-refractivity contribution in [3.05, 3.63) is 23.0 Å². The zero-order chi connectivity index (χ0) is 10.6. The van der Waals surface area contributed by atoms with Gasteiger partial charge in [-0.2, -0.15) is 0 Å². The summed E-state index contributed by atoms with van der Waals surface area (Å²) in [4.78, 5) is 17.2. The fourth-order valence-corrected chi connectivity index (χ4v) is 1.24. The Labute approximate surface area is 95.0 Å².